The molecule has 0 saturated heterocycles. The van der Waals surface area contributed by atoms with Crippen LogP contribution in [0.3, 0.4) is 0 Å². The third-order valence-corrected chi connectivity index (χ3v) is 2.24. The quantitative estimate of drug-likeness (QED) is 0.386. The maximum Gasteiger partial charge on any atom is 0.340 e. The van der Waals surface area contributed by atoms with Crippen LogP contribution in [0, 0.1) is 9.81 Å². The van der Waals surface area contributed by atoms with Crippen LogP contribution in [0.5, 0.6) is 0 Å². The molecule has 0 fully saturated rings. The van der Waals surface area contributed by atoms with Crippen molar-refractivity contribution in [2.24, 2.45) is 10.6 Å². The number of hydrogen-bond acceptors (Lipinski definition) is 6. The van der Waals surface area contributed by atoms with Crippen molar-refractivity contribution in [2.75, 3.05) is 27.2 Å². The van der Waals surface area contributed by atoms with E-state index in [2.05, 4.69) is 21.2 Å². The topological polar surface area (TPSA) is 124 Å². The molecule has 0 bridgehead atoms. The van der Waals surface area contributed by atoms with E-state index in [1.165, 1.54) is 14.1 Å². The Bertz CT molecular complexity index is 294. The molecule has 0 radical (unpaired) electrons. The van der Waals surface area contributed by atoms with Gasteiger partial charge in [0.2, 0.25) is 0 Å². The molecule has 0 heterocycles. The summed E-state index contributed by atoms with van der Waals surface area (Å²) >= 11 is 0. The van der Waals surface area contributed by atoms with Crippen molar-refractivity contribution < 1.29 is 9.59 Å². The number of amides is 4. The normalized spacial score (nSPS) is 9.37. The molecule has 0 aliphatic rings. The van der Waals surface area contributed by atoms with Crippen LogP contribution in [-0.2, 0) is 0 Å². The zero-order valence-corrected chi connectivity index (χ0v) is 11.0. The van der Waals surface area contributed by atoms with E-state index in [1.54, 1.807) is 0 Å². The highest BCUT2D eigenvalue weighted by molar-refractivity contribution is 5.73. The summed E-state index contributed by atoms with van der Waals surface area (Å²) in [6.07, 6.45) is 2.18. The lowest BCUT2D eigenvalue weighted by Gasteiger charge is -2.10. The molecule has 0 aliphatic heterocycles. The molecule has 0 rings (SSSR count). The summed E-state index contributed by atoms with van der Waals surface area (Å²) in [5.41, 5.74) is 0. The first-order valence-corrected chi connectivity index (χ1v) is 5.72. The number of nitrogens with one attached hydrogen (secondary N) is 2. The third-order valence-electron chi connectivity index (χ3n) is 2.24. The van der Waals surface area contributed by atoms with Crippen molar-refractivity contribution in [3.8, 4) is 0 Å². The molecule has 2 N–H and O–H groups in total. The number of nitrogens with zero attached hydrogens (tertiary/aromatic N) is 4. The monoisotopic (exact) mass is 274 g/mol. The number of unbranched alkanes of at least 4 members (excludes halogenated alkanes) is 2. The molecule has 10 heteroatoms. The van der Waals surface area contributed by atoms with E-state index in [-0.39, 0.29) is 0 Å². The summed E-state index contributed by atoms with van der Waals surface area (Å²) in [7, 11) is 2.52. The predicted molar refractivity (Wildman–Crippen MR) is 67.8 cm³/mol. The van der Waals surface area contributed by atoms with E-state index in [0.717, 1.165) is 6.42 Å². The average Bonchev–Trinajstić information content (AvgIpc) is 2.43. The fourth-order valence-electron chi connectivity index (χ4n) is 1.12. The first-order valence-electron chi connectivity index (χ1n) is 5.72. The number of rotatable bonds is 8. The van der Waals surface area contributed by atoms with E-state index in [1.807, 2.05) is 0 Å². The lowest BCUT2D eigenvalue weighted by molar-refractivity contribution is 0.209. The molecule has 0 aromatic carbocycles. The van der Waals surface area contributed by atoms with Crippen LogP contribution >= 0.6 is 0 Å². The summed E-state index contributed by atoms with van der Waals surface area (Å²) in [4.78, 5) is 42.2. The van der Waals surface area contributed by atoms with Crippen molar-refractivity contribution in [1.82, 2.24) is 20.7 Å². The van der Waals surface area contributed by atoms with Gasteiger partial charge in [0, 0.05) is 27.2 Å². The molecule has 0 unspecified atom stereocenters. The second-order valence-electron chi connectivity index (χ2n) is 3.74. The van der Waals surface area contributed by atoms with Crippen LogP contribution < -0.4 is 10.6 Å². The maximum atomic E-state index is 11.1. The molecular formula is C9H18N6O4. The van der Waals surface area contributed by atoms with Crippen LogP contribution in [0.1, 0.15) is 19.3 Å². The Morgan fingerprint density at radius 3 is 1.53 bits per heavy atom. The summed E-state index contributed by atoms with van der Waals surface area (Å²) in [5.74, 6) is 0. The van der Waals surface area contributed by atoms with Gasteiger partial charge in [0.1, 0.15) is 0 Å². The zero-order valence-electron chi connectivity index (χ0n) is 11.0. The van der Waals surface area contributed by atoms with Crippen LogP contribution in [0.2, 0.25) is 0 Å². The molecule has 0 aromatic rings. The van der Waals surface area contributed by atoms with Crippen LogP contribution in [0.4, 0.5) is 9.59 Å². The minimum absolute atomic E-state index is 0.419. The minimum atomic E-state index is -0.554. The van der Waals surface area contributed by atoms with Gasteiger partial charge in [-0.2, -0.15) is 10.0 Å². The average molecular weight is 274 g/mol. The van der Waals surface area contributed by atoms with Crippen LogP contribution in [0.15, 0.2) is 10.6 Å². The van der Waals surface area contributed by atoms with Gasteiger partial charge in [-0.15, -0.1) is 9.81 Å². The first kappa shape index (κ1) is 16.7. The van der Waals surface area contributed by atoms with Gasteiger partial charge in [-0.1, -0.05) is 0 Å². The van der Waals surface area contributed by atoms with Crippen LogP contribution in [-0.4, -0.2) is 49.3 Å². The van der Waals surface area contributed by atoms with Crippen molar-refractivity contribution in [2.45, 2.75) is 19.3 Å². The molecule has 0 spiro atoms. The van der Waals surface area contributed by atoms with E-state index < -0.39 is 12.1 Å². The Morgan fingerprint density at radius 1 is 0.842 bits per heavy atom. The zero-order chi connectivity index (χ0) is 14.7. The molecule has 108 valence electrons. The second kappa shape index (κ2) is 9.74. The van der Waals surface area contributed by atoms with E-state index in [9.17, 15) is 19.4 Å². The van der Waals surface area contributed by atoms with Crippen molar-refractivity contribution in [3.63, 3.8) is 0 Å². The Balaban J connectivity index is 3.46. The van der Waals surface area contributed by atoms with Gasteiger partial charge in [0.15, 0.2) is 0 Å². The fraction of sp³-hybridized carbons (Fsp3) is 0.778. The van der Waals surface area contributed by atoms with Crippen molar-refractivity contribution in [3.05, 3.63) is 9.81 Å². The van der Waals surface area contributed by atoms with E-state index >= 15 is 0 Å². The first-order chi connectivity index (χ1) is 9.02. The summed E-state index contributed by atoms with van der Waals surface area (Å²) in [6, 6.07) is -1.11. The molecule has 19 heavy (non-hydrogen) atoms. The predicted octanol–water partition coefficient (Wildman–Crippen LogP) is 0.802. The van der Waals surface area contributed by atoms with E-state index in [0.29, 0.717) is 35.9 Å². The molecule has 0 aliphatic carbocycles. The highest BCUT2D eigenvalue weighted by atomic mass is 16.3. The SMILES string of the molecule is CN(N=O)C(=O)NCCCCCNC(=O)N(C)N=O. The molecule has 0 saturated carbocycles. The maximum absolute atomic E-state index is 11.1. The summed E-state index contributed by atoms with van der Waals surface area (Å²) in [5, 5.41) is 11.2. The Hall–Kier alpha value is -2.26. The van der Waals surface area contributed by atoms with Gasteiger partial charge in [0.25, 0.3) is 0 Å². The van der Waals surface area contributed by atoms with E-state index in [4.69, 9.17) is 0 Å². The Morgan fingerprint density at radius 2 is 1.21 bits per heavy atom. The summed E-state index contributed by atoms with van der Waals surface area (Å²) in [6.45, 7) is 0.838. The van der Waals surface area contributed by atoms with Gasteiger partial charge in [-0.3, -0.25) is 0 Å². The van der Waals surface area contributed by atoms with Gasteiger partial charge in [-0.05, 0) is 19.3 Å². The number of nitroso groups, excluding NO2 is 2. The van der Waals surface area contributed by atoms with Gasteiger partial charge < -0.3 is 10.6 Å². The number of hydrogen-bond donors (Lipinski definition) is 2. The minimum Gasteiger partial charge on any atom is -0.336 e. The smallest absolute Gasteiger partial charge is 0.336 e. The number of carbonyl (C=O) groups is 2. The van der Waals surface area contributed by atoms with Crippen LogP contribution in [0.25, 0.3) is 0 Å². The molecule has 0 atom stereocenters. The Labute approximate surface area is 110 Å². The van der Waals surface area contributed by atoms with Crippen molar-refractivity contribution >= 4 is 12.1 Å². The highest BCUT2D eigenvalue weighted by Gasteiger charge is 2.07. The Kier molecular flexibility index (Phi) is 8.58. The lowest BCUT2D eigenvalue weighted by atomic mass is 10.2. The largest absolute Gasteiger partial charge is 0.340 e. The molecule has 10 nitrogen and oxygen atoms in total. The molecule has 0 aromatic heterocycles. The number of carbonyl (C=O) groups excluding carboxylic acids is 2. The van der Waals surface area contributed by atoms with Gasteiger partial charge in [-0.25, -0.2) is 9.59 Å². The van der Waals surface area contributed by atoms with Gasteiger partial charge >= 0.3 is 12.1 Å². The molecule has 4 amide bonds. The van der Waals surface area contributed by atoms with Crippen molar-refractivity contribution in [1.29, 1.82) is 0 Å². The summed E-state index contributed by atoms with van der Waals surface area (Å²) < 4.78 is 0. The number of urea groups is 2. The fourth-order valence-corrected chi connectivity index (χ4v) is 1.12. The standard InChI is InChI=1S/C9H18N6O4/c1-14(12-18)8(16)10-6-4-3-5-7-11-9(17)15(2)13-19/h3-7H2,1-2H3,(H,10,16)(H,11,17). The molecular weight excluding hydrogens is 256 g/mol. The second-order valence-corrected chi connectivity index (χ2v) is 3.74. The lowest BCUT2D eigenvalue weighted by Crippen LogP contribution is -2.35. The van der Waals surface area contributed by atoms with Gasteiger partial charge in [0.05, 0.1) is 10.6 Å². The highest BCUT2D eigenvalue weighted by Crippen LogP contribution is 1.94. The third kappa shape index (κ3) is 7.63.